The Morgan fingerprint density at radius 3 is 2.91 bits per heavy atom. The van der Waals surface area contributed by atoms with E-state index in [1.54, 1.807) is 0 Å². The van der Waals surface area contributed by atoms with Crippen LogP contribution in [0.25, 0.3) is 0 Å². The van der Waals surface area contributed by atoms with Gasteiger partial charge in [-0.2, -0.15) is 0 Å². The molecule has 0 aliphatic carbocycles. The first-order chi connectivity index (χ1) is 5.20. The van der Waals surface area contributed by atoms with Gasteiger partial charge in [0.05, 0.1) is 0 Å². The fraction of sp³-hybridized carbons (Fsp3) is 0.400. The van der Waals surface area contributed by atoms with Crippen molar-refractivity contribution in [3.63, 3.8) is 0 Å². The van der Waals surface area contributed by atoms with E-state index in [2.05, 4.69) is 0 Å². The number of aliphatic carboxylic acids is 1. The molecule has 1 saturated heterocycles. The molecule has 0 saturated carbocycles. The zero-order valence-electron chi connectivity index (χ0n) is 5.27. The highest BCUT2D eigenvalue weighted by atomic mass is 33.1. The van der Waals surface area contributed by atoms with Crippen LogP contribution in [0.2, 0.25) is 0 Å². The van der Waals surface area contributed by atoms with Crippen molar-refractivity contribution >= 4 is 38.5 Å². The molecule has 0 bridgehead atoms. The summed E-state index contributed by atoms with van der Waals surface area (Å²) >= 11 is 0. The molecular formula is C5H3NO3S2. The van der Waals surface area contributed by atoms with Crippen molar-refractivity contribution in [3.8, 4) is 0 Å². The molecule has 6 heteroatoms. The van der Waals surface area contributed by atoms with Gasteiger partial charge in [-0.05, 0) is 10.8 Å². The highest BCUT2D eigenvalue weighted by Gasteiger charge is 2.51. The molecule has 0 aromatic carbocycles. The minimum absolute atomic E-state index is 0.0420. The lowest BCUT2D eigenvalue weighted by Gasteiger charge is -2.13. The number of carboxylic acids is 1. The molecule has 2 aliphatic heterocycles. The number of carbonyl (C=O) groups excluding carboxylic acids is 2. The number of amides is 1. The topological polar surface area (TPSA) is 60.2 Å². The van der Waals surface area contributed by atoms with Crippen LogP contribution in [0, 0.1) is 0 Å². The Balaban J connectivity index is 2.38. The maximum Gasteiger partial charge on any atom is 0.396 e. The molecule has 2 rings (SSSR count). The molecule has 0 aromatic rings. The Labute approximate surface area is 70.1 Å². The summed E-state index contributed by atoms with van der Waals surface area (Å²) in [7, 11) is 2.51. The monoisotopic (exact) mass is 189 g/mol. The van der Waals surface area contributed by atoms with Crippen LogP contribution in [-0.2, 0) is 9.59 Å². The number of carboxylic acid groups (broad SMARTS) is 1. The third-order valence-electron chi connectivity index (χ3n) is 1.54. The van der Waals surface area contributed by atoms with E-state index in [0.717, 1.165) is 10.8 Å². The van der Waals surface area contributed by atoms with E-state index in [0.29, 0.717) is 6.42 Å². The van der Waals surface area contributed by atoms with Gasteiger partial charge in [-0.1, -0.05) is 0 Å². The first-order valence-electron chi connectivity index (χ1n) is 2.94. The van der Waals surface area contributed by atoms with Crippen molar-refractivity contribution in [2.75, 3.05) is 0 Å². The highest BCUT2D eigenvalue weighted by molar-refractivity contribution is 8.83. The van der Waals surface area contributed by atoms with Gasteiger partial charge in [0.2, 0.25) is 5.37 Å². The number of hydrogen-bond acceptors (Lipinski definition) is 5. The first-order valence-corrected chi connectivity index (χ1v) is 5.15. The normalized spacial score (nSPS) is 28.4. The second-order valence-corrected chi connectivity index (χ2v) is 4.56. The molecule has 0 aromatic heterocycles. The van der Waals surface area contributed by atoms with E-state index in [1.165, 1.54) is 15.4 Å². The summed E-state index contributed by atoms with van der Waals surface area (Å²) in [6.45, 7) is 0. The van der Waals surface area contributed by atoms with Crippen molar-refractivity contribution in [2.24, 2.45) is 0 Å². The van der Waals surface area contributed by atoms with Gasteiger partial charge in [-0.25, -0.2) is 4.79 Å². The van der Waals surface area contributed by atoms with E-state index in [-0.39, 0.29) is 16.3 Å². The molecule has 1 amide bonds. The molecule has 2 aliphatic rings. The molecule has 0 radical (unpaired) electrons. The lowest BCUT2D eigenvalue weighted by Crippen LogP contribution is -2.46. The summed E-state index contributed by atoms with van der Waals surface area (Å²) in [4.78, 5) is 21.2. The summed E-state index contributed by atoms with van der Waals surface area (Å²) in [5.41, 5.74) is 0. The third-order valence-corrected chi connectivity index (χ3v) is 4.18. The molecule has 1 atom stereocenters. The minimum atomic E-state index is -1.25. The zero-order chi connectivity index (χ0) is 8.01. The maximum absolute atomic E-state index is 10.8. The predicted octanol–water partition coefficient (Wildman–Crippen LogP) is -1.20. The van der Waals surface area contributed by atoms with Gasteiger partial charge in [-0.3, -0.25) is 0 Å². The molecule has 58 valence electrons. The standard InChI is InChI=1S/C5H3NO3S2/c7-2-1-3-6(2)4(5(8)9)11-10-3/h3H,1H2/t3-/m1/s1. The van der Waals surface area contributed by atoms with Crippen LogP contribution >= 0.6 is 21.6 Å². The summed E-state index contributed by atoms with van der Waals surface area (Å²) in [5.74, 6) is -1.37. The van der Waals surface area contributed by atoms with E-state index >= 15 is 0 Å². The molecule has 0 unspecified atom stereocenters. The highest BCUT2D eigenvalue weighted by Crippen LogP contribution is 2.42. The molecule has 11 heavy (non-hydrogen) atoms. The van der Waals surface area contributed by atoms with Crippen molar-refractivity contribution in [3.05, 3.63) is 0 Å². The molecular weight excluding hydrogens is 186 g/mol. The lowest BCUT2D eigenvalue weighted by molar-refractivity contribution is -0.501. The average molecular weight is 189 g/mol. The Morgan fingerprint density at radius 1 is 1.73 bits per heavy atom. The van der Waals surface area contributed by atoms with Crippen LogP contribution in [0.15, 0.2) is 0 Å². The molecule has 0 spiro atoms. The average Bonchev–Trinajstić information content (AvgIpc) is 2.25. The Bertz CT molecular complexity index is 275. The SMILES string of the molecule is O=C([O-])C1=[N+]2C(=O)C[C@H]2SS1. The van der Waals surface area contributed by atoms with Crippen LogP contribution < -0.4 is 5.11 Å². The van der Waals surface area contributed by atoms with Gasteiger partial charge in [0.15, 0.2) is 0 Å². The summed E-state index contributed by atoms with van der Waals surface area (Å²) in [5, 5.41) is 10.5. The van der Waals surface area contributed by atoms with Crippen molar-refractivity contribution in [2.45, 2.75) is 11.8 Å². The minimum Gasteiger partial charge on any atom is -0.539 e. The van der Waals surface area contributed by atoms with Crippen LogP contribution in [0.4, 0.5) is 0 Å². The predicted molar refractivity (Wildman–Crippen MR) is 38.9 cm³/mol. The fourth-order valence-corrected chi connectivity index (χ4v) is 3.66. The summed E-state index contributed by atoms with van der Waals surface area (Å²) in [6, 6.07) is 0. The summed E-state index contributed by atoms with van der Waals surface area (Å²) in [6.07, 6.45) is 0.453. The smallest absolute Gasteiger partial charge is 0.396 e. The molecule has 2 heterocycles. The van der Waals surface area contributed by atoms with Crippen molar-refractivity contribution < 1.29 is 19.3 Å². The molecule has 4 nitrogen and oxygen atoms in total. The van der Waals surface area contributed by atoms with E-state index < -0.39 is 5.97 Å². The van der Waals surface area contributed by atoms with Gasteiger partial charge in [0.25, 0.3) is 5.04 Å². The van der Waals surface area contributed by atoms with Crippen LogP contribution in [0.5, 0.6) is 0 Å². The van der Waals surface area contributed by atoms with Gasteiger partial charge in [-0.15, -0.1) is 4.58 Å². The largest absolute Gasteiger partial charge is 0.539 e. The first kappa shape index (κ1) is 7.17. The Morgan fingerprint density at radius 2 is 2.45 bits per heavy atom. The molecule has 1 fully saturated rings. The number of carbonyl (C=O) groups is 2. The van der Waals surface area contributed by atoms with E-state index in [1.807, 2.05) is 0 Å². The van der Waals surface area contributed by atoms with Gasteiger partial charge in [0.1, 0.15) is 12.4 Å². The zero-order valence-corrected chi connectivity index (χ0v) is 6.91. The second-order valence-electron chi connectivity index (χ2n) is 2.19. The second kappa shape index (κ2) is 2.25. The van der Waals surface area contributed by atoms with Crippen LogP contribution in [0.1, 0.15) is 6.42 Å². The lowest BCUT2D eigenvalue weighted by atomic mass is 10.2. The number of rotatable bonds is 1. The quantitative estimate of drug-likeness (QED) is 0.294. The number of nitrogens with zero attached hydrogens (tertiary/aromatic N) is 1. The van der Waals surface area contributed by atoms with Gasteiger partial charge < -0.3 is 9.90 Å². The Kier molecular flexibility index (Phi) is 1.47. The maximum atomic E-state index is 10.8. The van der Waals surface area contributed by atoms with Gasteiger partial charge in [0, 0.05) is 10.8 Å². The number of hydrogen-bond donors (Lipinski definition) is 0. The van der Waals surface area contributed by atoms with Crippen LogP contribution in [0.3, 0.4) is 0 Å². The summed E-state index contributed by atoms with van der Waals surface area (Å²) < 4.78 is 1.28. The van der Waals surface area contributed by atoms with Crippen molar-refractivity contribution in [1.29, 1.82) is 0 Å². The van der Waals surface area contributed by atoms with Gasteiger partial charge >= 0.3 is 5.91 Å². The fourth-order valence-electron chi connectivity index (χ4n) is 0.982. The van der Waals surface area contributed by atoms with E-state index in [4.69, 9.17) is 0 Å². The number of β-lactam (4-membered cyclic amide) rings is 1. The number of fused-ring (bicyclic) bond motifs is 1. The van der Waals surface area contributed by atoms with Crippen LogP contribution in [-0.4, -0.2) is 26.9 Å². The Hall–Kier alpha value is -0.490. The van der Waals surface area contributed by atoms with Crippen molar-refractivity contribution in [1.82, 2.24) is 0 Å². The van der Waals surface area contributed by atoms with E-state index in [9.17, 15) is 14.7 Å². The third kappa shape index (κ3) is 0.893. The molecule has 0 N–H and O–H groups in total.